The van der Waals surface area contributed by atoms with Gasteiger partial charge in [-0.2, -0.15) is 0 Å². The molecule has 0 aromatic heterocycles. The van der Waals surface area contributed by atoms with E-state index in [0.717, 1.165) is 5.06 Å². The summed E-state index contributed by atoms with van der Waals surface area (Å²) in [5.41, 5.74) is 0. The Hall–Kier alpha value is -1.10. The zero-order valence-electron chi connectivity index (χ0n) is 7.24. The van der Waals surface area contributed by atoms with Crippen LogP contribution in [0.3, 0.4) is 0 Å². The first kappa shape index (κ1) is 8.99. The molecule has 1 heterocycles. The molecule has 1 saturated heterocycles. The fourth-order valence-electron chi connectivity index (χ4n) is 1.03. The molecule has 0 aromatic rings. The maximum absolute atomic E-state index is 11.2. The third-order valence-electron chi connectivity index (χ3n) is 1.64. The van der Waals surface area contributed by atoms with Crippen LogP contribution >= 0.6 is 0 Å². The Bertz CT molecular complexity index is 205. The monoisotopic (exact) mass is 172 g/mol. The number of carbonyl (C=O) groups excluding carboxylic acids is 2. The number of nitrogens with zero attached hydrogens (tertiary/aromatic N) is 2. The number of rotatable bonds is 3. The lowest BCUT2D eigenvalue weighted by Gasteiger charge is -2.13. The van der Waals surface area contributed by atoms with Gasteiger partial charge in [-0.25, -0.2) is 4.79 Å². The molecule has 0 N–H and O–H groups in total. The SMILES string of the molecule is CCON1C(=O)CN(CC)C1=O. The van der Waals surface area contributed by atoms with E-state index in [2.05, 4.69) is 0 Å². The Kier molecular flexibility index (Phi) is 2.65. The number of hydroxylamine groups is 2. The molecule has 0 aromatic carbocycles. The third-order valence-corrected chi connectivity index (χ3v) is 1.64. The molecule has 3 amide bonds. The molecular weight excluding hydrogens is 160 g/mol. The summed E-state index contributed by atoms with van der Waals surface area (Å²) < 4.78 is 0. The van der Waals surface area contributed by atoms with Crippen molar-refractivity contribution in [1.29, 1.82) is 0 Å². The van der Waals surface area contributed by atoms with Crippen LogP contribution in [0.5, 0.6) is 0 Å². The van der Waals surface area contributed by atoms with Crippen LogP contribution in [0.1, 0.15) is 13.8 Å². The van der Waals surface area contributed by atoms with E-state index in [4.69, 9.17) is 4.84 Å². The Labute approximate surface area is 70.8 Å². The van der Waals surface area contributed by atoms with Gasteiger partial charge in [-0.05, 0) is 13.8 Å². The van der Waals surface area contributed by atoms with Crippen LogP contribution in [0.2, 0.25) is 0 Å². The molecule has 12 heavy (non-hydrogen) atoms. The molecular formula is C7H12N2O3. The summed E-state index contributed by atoms with van der Waals surface area (Å²) in [5.74, 6) is -0.288. The van der Waals surface area contributed by atoms with E-state index in [1.165, 1.54) is 4.90 Å². The number of likely N-dealkylation sites (N-methyl/N-ethyl adjacent to an activating group) is 1. The summed E-state index contributed by atoms with van der Waals surface area (Å²) in [6, 6.07) is -0.357. The summed E-state index contributed by atoms with van der Waals surface area (Å²) in [5, 5.41) is 0.823. The summed E-state index contributed by atoms with van der Waals surface area (Å²) >= 11 is 0. The lowest BCUT2D eigenvalue weighted by molar-refractivity contribution is -0.160. The van der Waals surface area contributed by atoms with E-state index in [9.17, 15) is 9.59 Å². The number of hydrogen-bond donors (Lipinski definition) is 0. The van der Waals surface area contributed by atoms with Crippen LogP contribution in [0, 0.1) is 0 Å². The molecule has 0 bridgehead atoms. The van der Waals surface area contributed by atoms with Gasteiger partial charge in [0.2, 0.25) is 0 Å². The predicted octanol–water partition coefficient (Wildman–Crippen LogP) is 0.222. The van der Waals surface area contributed by atoms with Gasteiger partial charge in [-0.1, -0.05) is 0 Å². The molecule has 5 heteroatoms. The van der Waals surface area contributed by atoms with Crippen LogP contribution in [-0.2, 0) is 9.63 Å². The standard InChI is InChI=1S/C7H12N2O3/c1-3-8-5-6(10)9(7(8)11)12-4-2/h3-5H2,1-2H3. The predicted molar refractivity (Wildman–Crippen MR) is 41.1 cm³/mol. The zero-order chi connectivity index (χ0) is 9.14. The van der Waals surface area contributed by atoms with Crippen LogP contribution < -0.4 is 0 Å². The second-order valence-electron chi connectivity index (χ2n) is 2.40. The summed E-state index contributed by atoms with van der Waals surface area (Å²) in [6.45, 7) is 4.55. The van der Waals surface area contributed by atoms with E-state index in [1.54, 1.807) is 6.92 Å². The number of urea groups is 1. The van der Waals surface area contributed by atoms with Crippen molar-refractivity contribution in [2.75, 3.05) is 19.7 Å². The highest BCUT2D eigenvalue weighted by Crippen LogP contribution is 2.09. The van der Waals surface area contributed by atoms with E-state index in [1.807, 2.05) is 6.92 Å². The first-order valence-electron chi connectivity index (χ1n) is 3.95. The molecule has 1 aliphatic rings. The van der Waals surface area contributed by atoms with Crippen LogP contribution in [0.15, 0.2) is 0 Å². The first-order valence-corrected chi connectivity index (χ1v) is 3.95. The molecule has 0 saturated carbocycles. The van der Waals surface area contributed by atoms with Gasteiger partial charge >= 0.3 is 6.03 Å². The van der Waals surface area contributed by atoms with Crippen molar-refractivity contribution in [3.05, 3.63) is 0 Å². The smallest absolute Gasteiger partial charge is 0.313 e. The molecule has 1 fully saturated rings. The lowest BCUT2D eigenvalue weighted by Crippen LogP contribution is -2.33. The maximum atomic E-state index is 11.2. The number of amides is 3. The van der Waals surface area contributed by atoms with Crippen LogP contribution in [-0.4, -0.2) is 41.6 Å². The van der Waals surface area contributed by atoms with E-state index in [-0.39, 0.29) is 18.5 Å². The van der Waals surface area contributed by atoms with E-state index < -0.39 is 0 Å². The normalized spacial score (nSPS) is 17.8. The lowest BCUT2D eigenvalue weighted by atomic mass is 10.6. The van der Waals surface area contributed by atoms with Gasteiger partial charge in [0.1, 0.15) is 6.54 Å². The van der Waals surface area contributed by atoms with Crippen molar-refractivity contribution in [1.82, 2.24) is 9.96 Å². The Morgan fingerprint density at radius 2 is 2.08 bits per heavy atom. The fourth-order valence-corrected chi connectivity index (χ4v) is 1.03. The van der Waals surface area contributed by atoms with Gasteiger partial charge in [0.25, 0.3) is 5.91 Å². The number of hydrogen-bond acceptors (Lipinski definition) is 3. The third kappa shape index (κ3) is 1.40. The first-order chi connectivity index (χ1) is 5.70. The summed E-state index contributed by atoms with van der Waals surface area (Å²) in [4.78, 5) is 28.6. The van der Waals surface area contributed by atoms with Crippen molar-refractivity contribution in [2.24, 2.45) is 0 Å². The Morgan fingerprint density at radius 1 is 1.42 bits per heavy atom. The molecule has 68 valence electrons. The number of carbonyl (C=O) groups is 2. The number of imide groups is 1. The van der Waals surface area contributed by atoms with E-state index >= 15 is 0 Å². The fraction of sp³-hybridized carbons (Fsp3) is 0.714. The van der Waals surface area contributed by atoms with E-state index in [0.29, 0.717) is 13.2 Å². The molecule has 0 atom stereocenters. The minimum Gasteiger partial charge on any atom is -0.313 e. The highest BCUT2D eigenvalue weighted by atomic mass is 16.7. The molecule has 1 rings (SSSR count). The van der Waals surface area contributed by atoms with Gasteiger partial charge in [-0.3, -0.25) is 9.63 Å². The van der Waals surface area contributed by atoms with Crippen molar-refractivity contribution < 1.29 is 14.4 Å². The summed E-state index contributed by atoms with van der Waals surface area (Å²) in [6.07, 6.45) is 0. The van der Waals surface area contributed by atoms with Gasteiger partial charge in [0.15, 0.2) is 0 Å². The molecule has 0 unspecified atom stereocenters. The highest BCUT2D eigenvalue weighted by Gasteiger charge is 2.35. The molecule has 5 nitrogen and oxygen atoms in total. The Balaban J connectivity index is 2.64. The molecule has 0 spiro atoms. The van der Waals surface area contributed by atoms with Crippen molar-refractivity contribution in [2.45, 2.75) is 13.8 Å². The van der Waals surface area contributed by atoms with Gasteiger partial charge in [0.05, 0.1) is 6.61 Å². The van der Waals surface area contributed by atoms with Crippen molar-refractivity contribution >= 4 is 11.9 Å². The highest BCUT2D eigenvalue weighted by molar-refractivity contribution is 6.00. The van der Waals surface area contributed by atoms with Crippen molar-refractivity contribution in [3.8, 4) is 0 Å². The zero-order valence-corrected chi connectivity index (χ0v) is 7.24. The average Bonchev–Trinajstić information content (AvgIpc) is 2.32. The van der Waals surface area contributed by atoms with Gasteiger partial charge in [-0.15, -0.1) is 5.06 Å². The quantitative estimate of drug-likeness (QED) is 0.572. The van der Waals surface area contributed by atoms with Crippen LogP contribution in [0.25, 0.3) is 0 Å². The topological polar surface area (TPSA) is 49.9 Å². The second kappa shape index (κ2) is 3.53. The van der Waals surface area contributed by atoms with Crippen LogP contribution in [0.4, 0.5) is 4.79 Å². The molecule has 0 aliphatic carbocycles. The van der Waals surface area contributed by atoms with Gasteiger partial charge in [0, 0.05) is 6.54 Å². The summed E-state index contributed by atoms with van der Waals surface area (Å²) in [7, 11) is 0. The second-order valence-corrected chi connectivity index (χ2v) is 2.40. The largest absolute Gasteiger partial charge is 0.351 e. The maximum Gasteiger partial charge on any atom is 0.351 e. The van der Waals surface area contributed by atoms with Crippen molar-refractivity contribution in [3.63, 3.8) is 0 Å². The van der Waals surface area contributed by atoms with Gasteiger partial charge < -0.3 is 4.90 Å². The minimum atomic E-state index is -0.357. The Morgan fingerprint density at radius 3 is 2.50 bits per heavy atom. The average molecular weight is 172 g/mol. The molecule has 1 aliphatic heterocycles. The minimum absolute atomic E-state index is 0.134. The molecule has 0 radical (unpaired) electrons.